The van der Waals surface area contributed by atoms with Gasteiger partial charge in [0.2, 0.25) is 10.0 Å². The summed E-state index contributed by atoms with van der Waals surface area (Å²) in [6, 6.07) is 15.7. The van der Waals surface area contributed by atoms with Crippen LogP contribution in [0.5, 0.6) is 0 Å². The molecule has 0 fully saturated rings. The number of hydrogen-bond donors (Lipinski definition) is 1. The molecule has 0 radical (unpaired) electrons. The number of carbonyl (C=O) groups excluding carboxylic acids is 1. The highest BCUT2D eigenvalue weighted by Crippen LogP contribution is 2.23. The van der Waals surface area contributed by atoms with Crippen LogP contribution in [0, 0.1) is 13.8 Å². The zero-order chi connectivity index (χ0) is 22.1. The first-order valence-corrected chi connectivity index (χ1v) is 11.3. The molecule has 8 heteroatoms. The van der Waals surface area contributed by atoms with Gasteiger partial charge in [-0.25, -0.2) is 13.6 Å². The van der Waals surface area contributed by atoms with E-state index >= 15 is 0 Å². The van der Waals surface area contributed by atoms with E-state index in [0.29, 0.717) is 17.1 Å². The molecule has 0 saturated heterocycles. The second-order valence-electron chi connectivity index (χ2n) is 7.38. The number of aryl methyl sites for hydroxylation is 1. The van der Waals surface area contributed by atoms with Gasteiger partial charge in [-0.15, -0.1) is 0 Å². The van der Waals surface area contributed by atoms with E-state index in [9.17, 15) is 13.2 Å². The first-order valence-electron chi connectivity index (χ1n) is 9.34. The SMILES string of the molecule is Cc1cc(C(=O)CN(C)Cc2ccc(Cl)cc2)c(C)n1-c1ccc(S(N)(=O)=O)cc1. The summed E-state index contributed by atoms with van der Waals surface area (Å²) in [7, 11) is -1.85. The summed E-state index contributed by atoms with van der Waals surface area (Å²) in [5.74, 6) is 0.0203. The summed E-state index contributed by atoms with van der Waals surface area (Å²) in [6.07, 6.45) is 0. The quantitative estimate of drug-likeness (QED) is 0.562. The minimum atomic E-state index is -3.75. The van der Waals surface area contributed by atoms with Crippen LogP contribution in [0.25, 0.3) is 5.69 Å². The number of benzene rings is 2. The van der Waals surface area contributed by atoms with E-state index < -0.39 is 10.0 Å². The van der Waals surface area contributed by atoms with Crippen molar-refractivity contribution in [3.05, 3.63) is 82.1 Å². The highest BCUT2D eigenvalue weighted by Gasteiger charge is 2.18. The number of primary sulfonamides is 1. The van der Waals surface area contributed by atoms with Gasteiger partial charge in [0.15, 0.2) is 5.78 Å². The fraction of sp³-hybridized carbons (Fsp3) is 0.227. The molecule has 0 atom stereocenters. The third-order valence-corrected chi connectivity index (χ3v) is 6.12. The van der Waals surface area contributed by atoms with Crippen LogP contribution in [0.4, 0.5) is 0 Å². The molecular formula is C22H24ClN3O3S. The van der Waals surface area contributed by atoms with Crippen LogP contribution in [0.15, 0.2) is 59.5 Å². The molecule has 0 amide bonds. The summed E-state index contributed by atoms with van der Waals surface area (Å²) in [6.45, 7) is 4.70. The molecule has 3 rings (SSSR count). The van der Waals surface area contributed by atoms with Gasteiger partial charge in [-0.05, 0) is 68.9 Å². The maximum absolute atomic E-state index is 12.9. The molecule has 2 N–H and O–H groups in total. The average Bonchev–Trinajstić information content (AvgIpc) is 2.97. The van der Waals surface area contributed by atoms with Gasteiger partial charge in [0.1, 0.15) is 0 Å². The largest absolute Gasteiger partial charge is 0.318 e. The Morgan fingerprint density at radius 3 is 2.23 bits per heavy atom. The highest BCUT2D eigenvalue weighted by molar-refractivity contribution is 7.89. The Balaban J connectivity index is 1.79. The molecule has 1 heterocycles. The number of halogens is 1. The van der Waals surface area contributed by atoms with Crippen molar-refractivity contribution >= 4 is 27.4 Å². The molecular weight excluding hydrogens is 422 g/mol. The van der Waals surface area contributed by atoms with Crippen molar-refractivity contribution in [1.29, 1.82) is 0 Å². The van der Waals surface area contributed by atoms with E-state index in [0.717, 1.165) is 22.6 Å². The van der Waals surface area contributed by atoms with E-state index in [1.807, 2.05) is 60.7 Å². The minimum absolute atomic E-state index is 0.0203. The molecule has 0 aliphatic rings. The molecule has 2 aromatic carbocycles. The smallest absolute Gasteiger partial charge is 0.238 e. The van der Waals surface area contributed by atoms with E-state index in [1.54, 1.807) is 12.1 Å². The number of nitrogens with two attached hydrogens (primary N) is 1. The fourth-order valence-corrected chi connectivity index (χ4v) is 4.16. The van der Waals surface area contributed by atoms with Gasteiger partial charge in [0.25, 0.3) is 0 Å². The van der Waals surface area contributed by atoms with Crippen LogP contribution in [0.1, 0.15) is 27.3 Å². The standard InChI is InChI=1S/C22H24ClN3O3S/c1-15-12-21(22(27)14-25(3)13-17-4-6-18(23)7-5-17)16(2)26(15)19-8-10-20(11-9-19)30(24,28)29/h4-12H,13-14H2,1-3H3,(H2,24,28,29). The van der Waals surface area contributed by atoms with Crippen molar-refractivity contribution < 1.29 is 13.2 Å². The van der Waals surface area contributed by atoms with Crippen LogP contribution < -0.4 is 5.14 Å². The molecule has 0 bridgehead atoms. The Bertz CT molecular complexity index is 1170. The van der Waals surface area contributed by atoms with Crippen LogP contribution >= 0.6 is 11.6 Å². The molecule has 158 valence electrons. The van der Waals surface area contributed by atoms with Gasteiger partial charge >= 0.3 is 0 Å². The predicted octanol–water partition coefficient (Wildman–Crippen LogP) is 3.71. The lowest BCUT2D eigenvalue weighted by atomic mass is 10.1. The van der Waals surface area contributed by atoms with Crippen molar-refractivity contribution in [1.82, 2.24) is 9.47 Å². The number of carbonyl (C=O) groups is 1. The number of likely N-dealkylation sites (N-methyl/N-ethyl adjacent to an activating group) is 1. The molecule has 30 heavy (non-hydrogen) atoms. The molecule has 0 aliphatic heterocycles. The van der Waals surface area contributed by atoms with Crippen LogP contribution in [0.3, 0.4) is 0 Å². The van der Waals surface area contributed by atoms with Gasteiger partial charge in [0.05, 0.1) is 11.4 Å². The number of rotatable bonds is 7. The van der Waals surface area contributed by atoms with Gasteiger partial charge < -0.3 is 4.57 Å². The van der Waals surface area contributed by atoms with E-state index in [-0.39, 0.29) is 17.2 Å². The molecule has 3 aromatic rings. The van der Waals surface area contributed by atoms with E-state index in [4.69, 9.17) is 16.7 Å². The number of Topliss-reactive ketones (excluding diaryl/α,β-unsaturated/α-hetero) is 1. The topological polar surface area (TPSA) is 85.4 Å². The highest BCUT2D eigenvalue weighted by atomic mass is 35.5. The molecule has 0 aliphatic carbocycles. The number of nitrogens with zero attached hydrogens (tertiary/aromatic N) is 2. The summed E-state index contributed by atoms with van der Waals surface area (Å²) >= 11 is 5.92. The Hall–Kier alpha value is -2.45. The van der Waals surface area contributed by atoms with E-state index in [1.165, 1.54) is 12.1 Å². The normalized spacial score (nSPS) is 11.8. The lowest BCUT2D eigenvalue weighted by Gasteiger charge is -2.16. The Kier molecular flexibility index (Phi) is 6.47. The van der Waals surface area contributed by atoms with Crippen molar-refractivity contribution in [3.8, 4) is 5.69 Å². The maximum Gasteiger partial charge on any atom is 0.238 e. The third-order valence-electron chi connectivity index (χ3n) is 4.93. The number of hydrogen-bond acceptors (Lipinski definition) is 4. The molecule has 1 aromatic heterocycles. The van der Waals surface area contributed by atoms with Crippen LogP contribution in [-0.2, 0) is 16.6 Å². The average molecular weight is 446 g/mol. The maximum atomic E-state index is 12.9. The molecule has 0 unspecified atom stereocenters. The fourth-order valence-electron chi connectivity index (χ4n) is 3.52. The van der Waals surface area contributed by atoms with Crippen molar-refractivity contribution in [2.45, 2.75) is 25.3 Å². The zero-order valence-corrected chi connectivity index (χ0v) is 18.7. The van der Waals surface area contributed by atoms with Gasteiger partial charge in [-0.2, -0.15) is 0 Å². The first kappa shape index (κ1) is 22.2. The number of aromatic nitrogens is 1. The summed E-state index contributed by atoms with van der Waals surface area (Å²) in [5.41, 5.74) is 4.19. The predicted molar refractivity (Wildman–Crippen MR) is 119 cm³/mol. The van der Waals surface area contributed by atoms with Crippen molar-refractivity contribution in [2.24, 2.45) is 5.14 Å². The van der Waals surface area contributed by atoms with Gasteiger partial charge in [-0.3, -0.25) is 9.69 Å². The second-order valence-corrected chi connectivity index (χ2v) is 9.38. The summed E-state index contributed by atoms with van der Waals surface area (Å²) < 4.78 is 24.9. The van der Waals surface area contributed by atoms with Gasteiger partial charge in [0, 0.05) is 34.2 Å². The third kappa shape index (κ3) is 4.99. The second kappa shape index (κ2) is 8.73. The van der Waals surface area contributed by atoms with Crippen molar-refractivity contribution in [2.75, 3.05) is 13.6 Å². The van der Waals surface area contributed by atoms with Crippen LogP contribution in [-0.4, -0.2) is 37.3 Å². The van der Waals surface area contributed by atoms with Crippen molar-refractivity contribution in [3.63, 3.8) is 0 Å². The number of sulfonamides is 1. The summed E-state index contributed by atoms with van der Waals surface area (Å²) in [5, 5.41) is 5.85. The Morgan fingerprint density at radius 1 is 1.07 bits per heavy atom. The summed E-state index contributed by atoms with van der Waals surface area (Å²) in [4.78, 5) is 14.9. The Morgan fingerprint density at radius 2 is 1.67 bits per heavy atom. The molecule has 0 spiro atoms. The van der Waals surface area contributed by atoms with E-state index in [2.05, 4.69) is 0 Å². The lowest BCUT2D eigenvalue weighted by Crippen LogP contribution is -2.25. The molecule has 0 saturated carbocycles. The number of ketones is 1. The van der Waals surface area contributed by atoms with Crippen LogP contribution in [0.2, 0.25) is 5.02 Å². The monoisotopic (exact) mass is 445 g/mol. The Labute approximate surface area is 181 Å². The lowest BCUT2D eigenvalue weighted by molar-refractivity contribution is 0.0942. The van der Waals surface area contributed by atoms with Gasteiger partial charge in [-0.1, -0.05) is 23.7 Å². The minimum Gasteiger partial charge on any atom is -0.318 e. The molecule has 6 nitrogen and oxygen atoms in total. The first-order chi connectivity index (χ1) is 14.1. The zero-order valence-electron chi connectivity index (χ0n) is 17.1.